The maximum absolute atomic E-state index is 12.7. The summed E-state index contributed by atoms with van der Waals surface area (Å²) in [6.07, 6.45) is 0.994. The van der Waals surface area contributed by atoms with Crippen molar-refractivity contribution in [2.45, 2.75) is 53.1 Å². The molecule has 2 aliphatic rings. The number of rotatable bonds is 3. The Kier molecular flexibility index (Phi) is 5.28. The average molecular weight is 309 g/mol. The molecule has 0 aromatic rings. The molecule has 5 heteroatoms. The molecule has 0 aromatic heterocycles. The number of amides is 1. The van der Waals surface area contributed by atoms with Crippen molar-refractivity contribution in [2.75, 3.05) is 26.2 Å². The van der Waals surface area contributed by atoms with Crippen molar-refractivity contribution < 1.29 is 9.59 Å². The first kappa shape index (κ1) is 17.4. The van der Waals surface area contributed by atoms with Crippen molar-refractivity contribution in [1.82, 2.24) is 15.5 Å². The predicted octanol–water partition coefficient (Wildman–Crippen LogP) is 1.04. The largest absolute Gasteiger partial charge is 0.340 e. The molecule has 2 N–H and O–H groups in total. The number of ketones is 1. The zero-order chi connectivity index (χ0) is 16.5. The van der Waals surface area contributed by atoms with E-state index in [1.54, 1.807) is 0 Å². The van der Waals surface area contributed by atoms with Crippen LogP contribution in [0.3, 0.4) is 0 Å². The van der Waals surface area contributed by atoms with Gasteiger partial charge in [0.2, 0.25) is 5.91 Å². The molecule has 5 nitrogen and oxygen atoms in total. The minimum atomic E-state index is -0.331. The maximum Gasteiger partial charge on any atom is 0.225 e. The van der Waals surface area contributed by atoms with Gasteiger partial charge in [-0.3, -0.25) is 9.59 Å². The van der Waals surface area contributed by atoms with Gasteiger partial charge in [0.1, 0.15) is 0 Å². The predicted molar refractivity (Wildman–Crippen MR) is 87.6 cm³/mol. The zero-order valence-corrected chi connectivity index (χ0v) is 14.6. The lowest BCUT2D eigenvalue weighted by Crippen LogP contribution is -2.59. The second-order valence-corrected chi connectivity index (χ2v) is 8.00. The maximum atomic E-state index is 12.7. The molecule has 3 atom stereocenters. The van der Waals surface area contributed by atoms with Gasteiger partial charge in [-0.15, -0.1) is 0 Å². The molecule has 1 amide bonds. The SMILES string of the molecule is CC(C)C(=O)N1CCNC(C2CCNC2C(=O)C(C)(C)C)C1. The Balaban J connectivity index is 2.06. The molecular formula is C17H31N3O2. The van der Waals surface area contributed by atoms with Gasteiger partial charge in [0.25, 0.3) is 0 Å². The standard InChI is InChI=1S/C17H31N3O2/c1-11(2)16(22)20-9-8-18-13(10-20)12-6-7-19-14(12)15(21)17(3,4)5/h11-14,18-19H,6-10H2,1-5H3. The van der Waals surface area contributed by atoms with E-state index in [0.29, 0.717) is 0 Å². The molecule has 0 bridgehead atoms. The van der Waals surface area contributed by atoms with E-state index in [0.717, 1.165) is 32.6 Å². The summed E-state index contributed by atoms with van der Waals surface area (Å²) in [7, 11) is 0. The first-order chi connectivity index (χ1) is 10.2. The highest BCUT2D eigenvalue weighted by Gasteiger charge is 2.43. The summed E-state index contributed by atoms with van der Waals surface area (Å²) in [4.78, 5) is 26.9. The molecule has 0 aromatic carbocycles. The second kappa shape index (κ2) is 6.67. The first-order valence-electron chi connectivity index (χ1n) is 8.51. The Bertz CT molecular complexity index is 428. The van der Waals surface area contributed by atoms with Crippen LogP contribution in [0.15, 0.2) is 0 Å². The molecule has 0 aliphatic carbocycles. The van der Waals surface area contributed by atoms with E-state index in [1.165, 1.54) is 0 Å². The highest BCUT2D eigenvalue weighted by atomic mass is 16.2. The van der Waals surface area contributed by atoms with Crippen molar-refractivity contribution in [3.8, 4) is 0 Å². The quantitative estimate of drug-likeness (QED) is 0.818. The number of nitrogens with zero attached hydrogens (tertiary/aromatic N) is 1. The highest BCUT2D eigenvalue weighted by molar-refractivity contribution is 5.89. The van der Waals surface area contributed by atoms with Crippen LogP contribution in [0.4, 0.5) is 0 Å². The lowest BCUT2D eigenvalue weighted by Gasteiger charge is -2.39. The number of Topliss-reactive ketones (excluding diaryl/α,β-unsaturated/α-hetero) is 1. The fraction of sp³-hybridized carbons (Fsp3) is 0.882. The van der Waals surface area contributed by atoms with Gasteiger partial charge in [0.15, 0.2) is 5.78 Å². The fourth-order valence-electron chi connectivity index (χ4n) is 3.54. The van der Waals surface area contributed by atoms with Crippen LogP contribution < -0.4 is 10.6 Å². The van der Waals surface area contributed by atoms with Crippen molar-refractivity contribution in [3.63, 3.8) is 0 Å². The van der Waals surface area contributed by atoms with Gasteiger partial charge in [-0.2, -0.15) is 0 Å². The van der Waals surface area contributed by atoms with E-state index in [9.17, 15) is 9.59 Å². The zero-order valence-electron chi connectivity index (χ0n) is 14.6. The van der Waals surface area contributed by atoms with Crippen LogP contribution in [0.5, 0.6) is 0 Å². The second-order valence-electron chi connectivity index (χ2n) is 8.00. The van der Waals surface area contributed by atoms with Gasteiger partial charge in [-0.1, -0.05) is 34.6 Å². The first-order valence-corrected chi connectivity index (χ1v) is 8.51. The van der Waals surface area contributed by atoms with E-state index in [1.807, 2.05) is 39.5 Å². The summed E-state index contributed by atoms with van der Waals surface area (Å²) in [5.74, 6) is 0.808. The number of carbonyl (C=O) groups excluding carboxylic acids is 2. The molecule has 22 heavy (non-hydrogen) atoms. The molecule has 2 heterocycles. The van der Waals surface area contributed by atoms with Crippen LogP contribution in [-0.4, -0.2) is 54.9 Å². The van der Waals surface area contributed by atoms with E-state index in [-0.39, 0.29) is 41.0 Å². The van der Waals surface area contributed by atoms with Crippen LogP contribution in [0, 0.1) is 17.3 Å². The topological polar surface area (TPSA) is 61.4 Å². The summed E-state index contributed by atoms with van der Waals surface area (Å²) >= 11 is 0. The van der Waals surface area contributed by atoms with E-state index in [4.69, 9.17) is 0 Å². The van der Waals surface area contributed by atoms with Crippen molar-refractivity contribution in [2.24, 2.45) is 17.3 Å². The van der Waals surface area contributed by atoms with Crippen LogP contribution in [0.25, 0.3) is 0 Å². The molecule has 3 unspecified atom stereocenters. The molecule has 2 rings (SSSR count). The van der Waals surface area contributed by atoms with Crippen LogP contribution in [-0.2, 0) is 9.59 Å². The summed E-state index contributed by atoms with van der Waals surface area (Å²) in [5.41, 5.74) is -0.331. The van der Waals surface area contributed by atoms with Crippen molar-refractivity contribution in [3.05, 3.63) is 0 Å². The normalized spacial score (nSPS) is 29.9. The van der Waals surface area contributed by atoms with Crippen LogP contribution >= 0.6 is 0 Å². The number of carbonyl (C=O) groups is 2. The average Bonchev–Trinajstić information content (AvgIpc) is 2.93. The summed E-state index contributed by atoms with van der Waals surface area (Å²) < 4.78 is 0. The van der Waals surface area contributed by atoms with E-state index < -0.39 is 0 Å². The Hall–Kier alpha value is -0.940. The summed E-state index contributed by atoms with van der Waals surface area (Å²) in [6.45, 7) is 13.0. The third-order valence-electron chi connectivity index (χ3n) is 4.82. The molecular weight excluding hydrogens is 278 g/mol. The minimum Gasteiger partial charge on any atom is -0.340 e. The highest BCUT2D eigenvalue weighted by Crippen LogP contribution is 2.28. The number of piperazine rings is 1. The number of hydrogen-bond acceptors (Lipinski definition) is 4. The molecule has 2 fully saturated rings. The lowest BCUT2D eigenvalue weighted by atomic mass is 9.79. The molecule has 0 spiro atoms. The van der Waals surface area contributed by atoms with Crippen molar-refractivity contribution in [1.29, 1.82) is 0 Å². The summed E-state index contributed by atoms with van der Waals surface area (Å²) in [6, 6.07) is 0.120. The van der Waals surface area contributed by atoms with Gasteiger partial charge in [-0.05, 0) is 18.9 Å². The fourth-order valence-corrected chi connectivity index (χ4v) is 3.54. The Morgan fingerprint density at radius 1 is 1.14 bits per heavy atom. The minimum absolute atomic E-state index is 0.0347. The molecule has 0 saturated carbocycles. The monoisotopic (exact) mass is 309 g/mol. The van der Waals surface area contributed by atoms with E-state index >= 15 is 0 Å². The molecule has 2 aliphatic heterocycles. The van der Waals surface area contributed by atoms with Gasteiger partial charge in [0.05, 0.1) is 6.04 Å². The van der Waals surface area contributed by atoms with Gasteiger partial charge >= 0.3 is 0 Å². The van der Waals surface area contributed by atoms with E-state index in [2.05, 4.69) is 10.6 Å². The lowest BCUT2D eigenvalue weighted by molar-refractivity contribution is -0.136. The third-order valence-corrected chi connectivity index (χ3v) is 4.82. The molecule has 0 radical (unpaired) electrons. The van der Waals surface area contributed by atoms with Crippen LogP contribution in [0.1, 0.15) is 41.0 Å². The smallest absolute Gasteiger partial charge is 0.225 e. The number of nitrogens with one attached hydrogen (secondary N) is 2. The Morgan fingerprint density at radius 3 is 2.41 bits per heavy atom. The van der Waals surface area contributed by atoms with Gasteiger partial charge in [-0.25, -0.2) is 0 Å². The van der Waals surface area contributed by atoms with Gasteiger partial charge < -0.3 is 15.5 Å². The van der Waals surface area contributed by atoms with Crippen molar-refractivity contribution >= 4 is 11.7 Å². The summed E-state index contributed by atoms with van der Waals surface area (Å²) in [5, 5.41) is 6.92. The Morgan fingerprint density at radius 2 is 1.82 bits per heavy atom. The van der Waals surface area contributed by atoms with Gasteiger partial charge in [0, 0.05) is 37.0 Å². The van der Waals surface area contributed by atoms with Crippen LogP contribution in [0.2, 0.25) is 0 Å². The molecule has 2 saturated heterocycles. The Labute approximate surface area is 134 Å². The third kappa shape index (κ3) is 3.69. The molecule has 126 valence electrons. The number of hydrogen-bond donors (Lipinski definition) is 2.